The highest BCUT2D eigenvalue weighted by Crippen LogP contribution is 2.14. The summed E-state index contributed by atoms with van der Waals surface area (Å²) in [5.41, 5.74) is 0.937. The van der Waals surface area contributed by atoms with Crippen LogP contribution in [0, 0.1) is 5.92 Å². The van der Waals surface area contributed by atoms with E-state index in [0.717, 1.165) is 11.3 Å². The summed E-state index contributed by atoms with van der Waals surface area (Å²) >= 11 is 0. The van der Waals surface area contributed by atoms with E-state index in [2.05, 4.69) is 18.6 Å². The molecule has 92 valence electrons. The third-order valence-corrected chi connectivity index (χ3v) is 2.08. The maximum atomic E-state index is 10.9. The van der Waals surface area contributed by atoms with E-state index in [1.807, 2.05) is 24.3 Å². The molecule has 3 heteroatoms. The highest BCUT2D eigenvalue weighted by atomic mass is 16.5. The van der Waals surface area contributed by atoms with Crippen LogP contribution in [0.25, 0.3) is 6.08 Å². The Labute approximate surface area is 102 Å². The van der Waals surface area contributed by atoms with E-state index in [0.29, 0.717) is 12.5 Å². The van der Waals surface area contributed by atoms with Gasteiger partial charge in [0, 0.05) is 6.08 Å². The maximum Gasteiger partial charge on any atom is 0.330 e. The number of ether oxygens (including phenoxy) is 2. The normalized spacial score (nSPS) is 10.8. The van der Waals surface area contributed by atoms with E-state index in [1.54, 1.807) is 6.08 Å². The predicted octanol–water partition coefficient (Wildman–Crippen LogP) is 2.91. The van der Waals surface area contributed by atoms with Gasteiger partial charge in [0.05, 0.1) is 13.7 Å². The topological polar surface area (TPSA) is 35.5 Å². The molecule has 0 heterocycles. The third kappa shape index (κ3) is 5.20. The van der Waals surface area contributed by atoms with Gasteiger partial charge in [-0.2, -0.15) is 0 Å². The quantitative estimate of drug-likeness (QED) is 0.580. The molecular weight excluding hydrogens is 216 g/mol. The lowest BCUT2D eigenvalue weighted by atomic mass is 10.2. The number of methoxy groups -OCH3 is 1. The zero-order chi connectivity index (χ0) is 12.7. The molecule has 0 aliphatic rings. The van der Waals surface area contributed by atoms with E-state index in [4.69, 9.17) is 4.74 Å². The first kappa shape index (κ1) is 13.3. The number of rotatable bonds is 5. The molecule has 0 atom stereocenters. The Balaban J connectivity index is 2.55. The van der Waals surface area contributed by atoms with Crippen LogP contribution in [0.15, 0.2) is 30.3 Å². The molecule has 0 fully saturated rings. The smallest absolute Gasteiger partial charge is 0.330 e. The second kappa shape index (κ2) is 6.74. The summed E-state index contributed by atoms with van der Waals surface area (Å²) in [7, 11) is 1.36. The van der Waals surface area contributed by atoms with Crippen molar-refractivity contribution in [3.05, 3.63) is 35.9 Å². The molecule has 0 N–H and O–H groups in total. The molecule has 0 unspecified atom stereocenters. The van der Waals surface area contributed by atoms with Crippen molar-refractivity contribution in [3.8, 4) is 5.75 Å². The monoisotopic (exact) mass is 234 g/mol. The SMILES string of the molecule is COC(=O)/C=C/c1ccc(OCC(C)C)cc1. The summed E-state index contributed by atoms with van der Waals surface area (Å²) in [6, 6.07) is 7.57. The van der Waals surface area contributed by atoms with Gasteiger partial charge >= 0.3 is 5.97 Å². The molecule has 17 heavy (non-hydrogen) atoms. The van der Waals surface area contributed by atoms with Crippen LogP contribution < -0.4 is 4.74 Å². The number of carbonyl (C=O) groups excluding carboxylic acids is 1. The number of benzene rings is 1. The fraction of sp³-hybridized carbons (Fsp3) is 0.357. The summed E-state index contributed by atoms with van der Waals surface area (Å²) in [4.78, 5) is 10.9. The van der Waals surface area contributed by atoms with E-state index in [-0.39, 0.29) is 5.97 Å². The van der Waals surface area contributed by atoms with Crippen molar-refractivity contribution in [1.82, 2.24) is 0 Å². The van der Waals surface area contributed by atoms with E-state index >= 15 is 0 Å². The van der Waals surface area contributed by atoms with Gasteiger partial charge in [0.25, 0.3) is 0 Å². The molecule has 0 spiro atoms. The summed E-state index contributed by atoms with van der Waals surface area (Å²) < 4.78 is 10.1. The first-order chi connectivity index (χ1) is 8.11. The van der Waals surface area contributed by atoms with Crippen molar-refractivity contribution in [2.24, 2.45) is 5.92 Å². The van der Waals surface area contributed by atoms with Crippen molar-refractivity contribution in [3.63, 3.8) is 0 Å². The lowest BCUT2D eigenvalue weighted by molar-refractivity contribution is -0.134. The summed E-state index contributed by atoms with van der Waals surface area (Å²) in [6.45, 7) is 4.91. The van der Waals surface area contributed by atoms with Crippen LogP contribution in [0.1, 0.15) is 19.4 Å². The predicted molar refractivity (Wildman–Crippen MR) is 67.8 cm³/mol. The Morgan fingerprint density at radius 2 is 1.94 bits per heavy atom. The average Bonchev–Trinajstić information content (AvgIpc) is 2.34. The minimum absolute atomic E-state index is 0.356. The van der Waals surface area contributed by atoms with Crippen LogP contribution in [-0.4, -0.2) is 19.7 Å². The standard InChI is InChI=1S/C14H18O3/c1-11(2)10-17-13-7-4-12(5-8-13)6-9-14(15)16-3/h4-9,11H,10H2,1-3H3/b9-6+. The Bertz CT molecular complexity index is 377. The van der Waals surface area contributed by atoms with E-state index in [1.165, 1.54) is 13.2 Å². The Hall–Kier alpha value is -1.77. The molecule has 1 rings (SSSR count). The van der Waals surface area contributed by atoms with Gasteiger partial charge in [-0.25, -0.2) is 4.79 Å². The average molecular weight is 234 g/mol. The van der Waals surface area contributed by atoms with Crippen LogP contribution in [0.3, 0.4) is 0 Å². The molecule has 0 bridgehead atoms. The first-order valence-corrected chi connectivity index (χ1v) is 5.60. The Kier molecular flexibility index (Phi) is 5.27. The molecule has 0 amide bonds. The van der Waals surface area contributed by atoms with Crippen molar-refractivity contribution in [1.29, 1.82) is 0 Å². The van der Waals surface area contributed by atoms with Crippen LogP contribution in [0.2, 0.25) is 0 Å². The third-order valence-electron chi connectivity index (χ3n) is 2.08. The maximum absolute atomic E-state index is 10.9. The van der Waals surface area contributed by atoms with Crippen molar-refractivity contribution in [2.75, 3.05) is 13.7 Å². The fourth-order valence-electron chi connectivity index (χ4n) is 1.17. The van der Waals surface area contributed by atoms with Crippen molar-refractivity contribution < 1.29 is 14.3 Å². The van der Waals surface area contributed by atoms with Crippen LogP contribution in [-0.2, 0) is 9.53 Å². The van der Waals surface area contributed by atoms with Crippen LogP contribution in [0.4, 0.5) is 0 Å². The number of hydrogen-bond donors (Lipinski definition) is 0. The Morgan fingerprint density at radius 3 is 2.47 bits per heavy atom. The molecule has 0 saturated carbocycles. The molecule has 0 aliphatic carbocycles. The lowest BCUT2D eigenvalue weighted by Crippen LogP contribution is -2.04. The summed E-state index contributed by atoms with van der Waals surface area (Å²) in [6.07, 6.45) is 3.10. The van der Waals surface area contributed by atoms with E-state index in [9.17, 15) is 4.79 Å². The largest absolute Gasteiger partial charge is 0.493 e. The first-order valence-electron chi connectivity index (χ1n) is 5.60. The van der Waals surface area contributed by atoms with Crippen molar-refractivity contribution in [2.45, 2.75) is 13.8 Å². The van der Waals surface area contributed by atoms with Gasteiger partial charge in [-0.15, -0.1) is 0 Å². The molecular formula is C14H18O3. The minimum Gasteiger partial charge on any atom is -0.493 e. The van der Waals surface area contributed by atoms with Crippen LogP contribution >= 0.6 is 0 Å². The molecule has 0 aromatic heterocycles. The van der Waals surface area contributed by atoms with Gasteiger partial charge < -0.3 is 9.47 Å². The number of carbonyl (C=O) groups is 1. The summed E-state index contributed by atoms with van der Waals surface area (Å²) in [5.74, 6) is 0.993. The molecule has 0 saturated heterocycles. The van der Waals surface area contributed by atoms with Gasteiger partial charge in [-0.3, -0.25) is 0 Å². The number of hydrogen-bond acceptors (Lipinski definition) is 3. The zero-order valence-corrected chi connectivity index (χ0v) is 10.5. The van der Waals surface area contributed by atoms with Gasteiger partial charge in [0.2, 0.25) is 0 Å². The second-order valence-electron chi connectivity index (χ2n) is 4.13. The van der Waals surface area contributed by atoms with Crippen LogP contribution in [0.5, 0.6) is 5.75 Å². The second-order valence-corrected chi connectivity index (χ2v) is 4.13. The molecule has 1 aromatic rings. The lowest BCUT2D eigenvalue weighted by Gasteiger charge is -2.08. The summed E-state index contributed by atoms with van der Waals surface area (Å²) in [5, 5.41) is 0. The molecule has 0 radical (unpaired) electrons. The molecule has 1 aromatic carbocycles. The van der Waals surface area contributed by atoms with Gasteiger partial charge in [-0.05, 0) is 29.7 Å². The number of esters is 1. The zero-order valence-electron chi connectivity index (χ0n) is 10.5. The minimum atomic E-state index is -0.356. The fourth-order valence-corrected chi connectivity index (χ4v) is 1.17. The van der Waals surface area contributed by atoms with E-state index < -0.39 is 0 Å². The van der Waals surface area contributed by atoms with Gasteiger partial charge in [-0.1, -0.05) is 26.0 Å². The van der Waals surface area contributed by atoms with Crippen molar-refractivity contribution >= 4 is 12.0 Å². The van der Waals surface area contributed by atoms with Gasteiger partial charge in [0.15, 0.2) is 0 Å². The highest BCUT2D eigenvalue weighted by Gasteiger charge is 1.97. The molecule has 0 aliphatic heterocycles. The van der Waals surface area contributed by atoms with Gasteiger partial charge in [0.1, 0.15) is 5.75 Å². The molecule has 3 nitrogen and oxygen atoms in total. The Morgan fingerprint density at radius 1 is 1.29 bits per heavy atom. The highest BCUT2D eigenvalue weighted by molar-refractivity contribution is 5.86.